The average molecular weight is 252 g/mol. The van der Waals surface area contributed by atoms with E-state index in [0.717, 1.165) is 18.2 Å². The predicted molar refractivity (Wildman–Crippen MR) is 73.1 cm³/mol. The molecule has 0 unspecified atom stereocenters. The summed E-state index contributed by atoms with van der Waals surface area (Å²) in [5.74, 6) is 0.842. The van der Waals surface area contributed by atoms with Crippen molar-refractivity contribution in [1.82, 2.24) is 0 Å². The minimum atomic E-state index is 0.0168. The molecule has 0 amide bonds. The number of nitrogens with zero attached hydrogens (tertiary/aromatic N) is 1. The second-order valence-electron chi connectivity index (χ2n) is 4.76. The van der Waals surface area contributed by atoms with Crippen LogP contribution in [0.1, 0.15) is 24.8 Å². The van der Waals surface area contributed by atoms with E-state index < -0.39 is 0 Å². The third-order valence-corrected chi connectivity index (χ3v) is 3.75. The molecule has 0 saturated heterocycles. The lowest BCUT2D eigenvalue weighted by atomic mass is 9.85. The second kappa shape index (κ2) is 4.96. The lowest BCUT2D eigenvalue weighted by Crippen LogP contribution is -2.29. The van der Waals surface area contributed by atoms with Crippen molar-refractivity contribution >= 4 is 23.1 Å². The highest BCUT2D eigenvalue weighted by Gasteiger charge is 2.19. The molecular weight excluding hydrogens is 234 g/mol. The van der Waals surface area contributed by atoms with Crippen LogP contribution in [0.3, 0.4) is 0 Å². The Bertz CT molecular complexity index is 427. The van der Waals surface area contributed by atoms with Gasteiger partial charge < -0.3 is 10.6 Å². The van der Waals surface area contributed by atoms with Gasteiger partial charge in [-0.15, -0.1) is 0 Å². The lowest BCUT2D eigenvalue weighted by Gasteiger charge is -2.31. The summed E-state index contributed by atoms with van der Waals surface area (Å²) < 4.78 is 0. The molecule has 3 N–H and O–H groups in total. The minimum absolute atomic E-state index is 0.0168. The summed E-state index contributed by atoms with van der Waals surface area (Å²) in [6.07, 6.45) is 4.04. The second-order valence-corrected chi connectivity index (χ2v) is 5.16. The molecule has 3 nitrogen and oxygen atoms in total. The number of anilines is 1. The number of nitrogen functional groups attached to an aromatic ring is 1. The van der Waals surface area contributed by atoms with Crippen molar-refractivity contribution in [1.29, 1.82) is 5.41 Å². The van der Waals surface area contributed by atoms with Crippen molar-refractivity contribution in [2.45, 2.75) is 19.3 Å². The molecule has 0 aromatic heterocycles. The van der Waals surface area contributed by atoms with Gasteiger partial charge in [0.05, 0.1) is 5.02 Å². The number of hydrogen-bond donors (Lipinski definition) is 2. The monoisotopic (exact) mass is 251 g/mol. The Morgan fingerprint density at radius 3 is 2.71 bits per heavy atom. The molecule has 4 heteroatoms. The Hall–Kier alpha value is -1.22. The van der Waals surface area contributed by atoms with Crippen molar-refractivity contribution in [3.63, 3.8) is 0 Å². The molecule has 1 aliphatic rings. The van der Waals surface area contributed by atoms with Crippen LogP contribution in [0, 0.1) is 11.3 Å². The first-order chi connectivity index (χ1) is 8.08. The van der Waals surface area contributed by atoms with E-state index in [1.54, 1.807) is 0 Å². The number of halogens is 1. The molecule has 1 aromatic carbocycles. The van der Waals surface area contributed by atoms with E-state index >= 15 is 0 Å². The Morgan fingerprint density at radius 2 is 2.24 bits per heavy atom. The molecule has 0 bridgehead atoms. The first-order valence-electron chi connectivity index (χ1n) is 5.93. The van der Waals surface area contributed by atoms with Crippen LogP contribution in [0.4, 0.5) is 5.69 Å². The normalized spacial score (nSPS) is 15.4. The van der Waals surface area contributed by atoms with Crippen LogP contribution in [-0.2, 0) is 0 Å². The molecule has 1 fully saturated rings. The summed E-state index contributed by atoms with van der Waals surface area (Å²) in [6.45, 7) is 1.08. The summed E-state index contributed by atoms with van der Waals surface area (Å²) in [4.78, 5) is 2.22. The van der Waals surface area contributed by atoms with Gasteiger partial charge in [-0.1, -0.05) is 18.0 Å². The first-order valence-corrected chi connectivity index (χ1v) is 6.31. The van der Waals surface area contributed by atoms with Crippen LogP contribution in [0.15, 0.2) is 18.2 Å². The summed E-state index contributed by atoms with van der Waals surface area (Å²) in [5, 5.41) is 7.94. The van der Waals surface area contributed by atoms with Gasteiger partial charge in [-0.05, 0) is 37.0 Å². The lowest BCUT2D eigenvalue weighted by molar-refractivity contribution is 0.321. The van der Waals surface area contributed by atoms with E-state index in [2.05, 4.69) is 11.9 Å². The zero-order valence-electron chi connectivity index (χ0n) is 10.0. The van der Waals surface area contributed by atoms with Gasteiger partial charge >= 0.3 is 0 Å². The molecule has 0 aliphatic heterocycles. The van der Waals surface area contributed by atoms with Gasteiger partial charge in [0.2, 0.25) is 0 Å². The molecule has 1 saturated carbocycles. The SMILES string of the molecule is CN(CC1CCC1)c1ccc(C(=N)N)c(Cl)c1. The van der Waals surface area contributed by atoms with E-state index in [4.69, 9.17) is 22.7 Å². The van der Waals surface area contributed by atoms with E-state index in [-0.39, 0.29) is 5.84 Å². The van der Waals surface area contributed by atoms with Crippen molar-refractivity contribution < 1.29 is 0 Å². The standard InChI is InChI=1S/C13H18ClN3/c1-17(8-9-3-2-4-9)10-5-6-11(13(15)16)12(14)7-10/h5-7,9H,2-4,8H2,1H3,(H3,15,16). The fourth-order valence-corrected chi connectivity index (χ4v) is 2.40. The topological polar surface area (TPSA) is 53.1 Å². The van der Waals surface area contributed by atoms with Gasteiger partial charge in [-0.3, -0.25) is 5.41 Å². The number of rotatable bonds is 4. The minimum Gasteiger partial charge on any atom is -0.384 e. The zero-order valence-corrected chi connectivity index (χ0v) is 10.8. The van der Waals surface area contributed by atoms with Crippen LogP contribution in [0.5, 0.6) is 0 Å². The molecule has 0 radical (unpaired) electrons. The number of nitrogens with two attached hydrogens (primary N) is 1. The first kappa shape index (κ1) is 12.2. The molecule has 1 aromatic rings. The highest BCUT2D eigenvalue weighted by atomic mass is 35.5. The van der Waals surface area contributed by atoms with Crippen LogP contribution >= 0.6 is 11.6 Å². The smallest absolute Gasteiger partial charge is 0.124 e. The van der Waals surface area contributed by atoms with Crippen LogP contribution in [0.25, 0.3) is 0 Å². The number of benzene rings is 1. The molecule has 2 rings (SSSR count). The number of amidine groups is 1. The maximum atomic E-state index is 7.39. The van der Waals surface area contributed by atoms with Crippen molar-refractivity contribution in [3.05, 3.63) is 28.8 Å². The summed E-state index contributed by atoms with van der Waals surface area (Å²) in [6, 6.07) is 5.68. The fourth-order valence-electron chi connectivity index (χ4n) is 2.13. The van der Waals surface area contributed by atoms with E-state index in [1.165, 1.54) is 19.3 Å². The molecule has 1 aliphatic carbocycles. The average Bonchev–Trinajstić information content (AvgIpc) is 2.22. The van der Waals surface area contributed by atoms with Gasteiger partial charge in [-0.25, -0.2) is 0 Å². The van der Waals surface area contributed by atoms with Crippen molar-refractivity contribution in [3.8, 4) is 0 Å². The Kier molecular flexibility index (Phi) is 3.57. The predicted octanol–water partition coefficient (Wildman–Crippen LogP) is 2.86. The highest BCUT2D eigenvalue weighted by Crippen LogP contribution is 2.29. The fraction of sp³-hybridized carbons (Fsp3) is 0.462. The van der Waals surface area contributed by atoms with Crippen LogP contribution in [-0.4, -0.2) is 19.4 Å². The summed E-state index contributed by atoms with van der Waals surface area (Å²) in [5.41, 5.74) is 7.13. The number of hydrogen-bond acceptors (Lipinski definition) is 2. The molecule has 0 spiro atoms. The third-order valence-electron chi connectivity index (χ3n) is 3.44. The zero-order chi connectivity index (χ0) is 12.4. The van der Waals surface area contributed by atoms with E-state index in [1.807, 2.05) is 18.2 Å². The van der Waals surface area contributed by atoms with E-state index in [9.17, 15) is 0 Å². The van der Waals surface area contributed by atoms with E-state index in [0.29, 0.717) is 10.6 Å². The summed E-state index contributed by atoms with van der Waals surface area (Å²) >= 11 is 6.11. The largest absolute Gasteiger partial charge is 0.384 e. The van der Waals surface area contributed by atoms with Crippen molar-refractivity contribution in [2.75, 3.05) is 18.5 Å². The van der Waals surface area contributed by atoms with Gasteiger partial charge in [0.1, 0.15) is 5.84 Å². The number of nitrogens with one attached hydrogen (secondary N) is 1. The van der Waals surface area contributed by atoms with Crippen LogP contribution < -0.4 is 10.6 Å². The Morgan fingerprint density at radius 1 is 1.53 bits per heavy atom. The highest BCUT2D eigenvalue weighted by molar-refractivity contribution is 6.34. The van der Waals surface area contributed by atoms with Crippen molar-refractivity contribution in [2.24, 2.45) is 11.7 Å². The third kappa shape index (κ3) is 2.72. The Labute approximate surface area is 107 Å². The molecule has 92 valence electrons. The van der Waals surface area contributed by atoms with Gasteiger partial charge in [0.15, 0.2) is 0 Å². The molecule has 0 heterocycles. The summed E-state index contributed by atoms with van der Waals surface area (Å²) in [7, 11) is 2.08. The van der Waals surface area contributed by atoms with Gasteiger partial charge in [0, 0.05) is 24.8 Å². The maximum Gasteiger partial charge on any atom is 0.124 e. The molecule has 0 atom stereocenters. The van der Waals surface area contributed by atoms with Gasteiger partial charge in [0.25, 0.3) is 0 Å². The quantitative estimate of drug-likeness (QED) is 0.639. The maximum absolute atomic E-state index is 7.39. The molecular formula is C13H18ClN3. The van der Waals surface area contributed by atoms with Crippen LogP contribution in [0.2, 0.25) is 5.02 Å². The molecule has 17 heavy (non-hydrogen) atoms. The Balaban J connectivity index is 2.10. The van der Waals surface area contributed by atoms with Gasteiger partial charge in [-0.2, -0.15) is 0 Å².